The summed E-state index contributed by atoms with van der Waals surface area (Å²) in [5.74, 6) is -0.955. The van der Waals surface area contributed by atoms with Crippen LogP contribution in [0.5, 0.6) is 5.75 Å². The Labute approximate surface area is 78.7 Å². The summed E-state index contributed by atoms with van der Waals surface area (Å²) in [6, 6.07) is 2.96. The van der Waals surface area contributed by atoms with Gasteiger partial charge in [0, 0.05) is 0 Å². The Kier molecular flexibility index (Phi) is 2.87. The molecule has 64 valence electrons. The molecule has 0 aliphatic heterocycles. The molecular weight excluding hydrogens is 223 g/mol. The number of phenolic OH excluding ortho intramolecular Hbond substituents is 1. The molecule has 3 heteroatoms. The number of allylic oxidation sites excluding steroid dienone is 1. The van der Waals surface area contributed by atoms with E-state index < -0.39 is 5.82 Å². The second-order valence-electron chi connectivity index (χ2n) is 2.40. The van der Waals surface area contributed by atoms with Gasteiger partial charge in [-0.3, -0.25) is 0 Å². The van der Waals surface area contributed by atoms with Crippen LogP contribution in [-0.2, 0) is 6.42 Å². The van der Waals surface area contributed by atoms with Crippen molar-refractivity contribution in [3.05, 3.63) is 40.6 Å². The van der Waals surface area contributed by atoms with Crippen molar-refractivity contribution < 1.29 is 9.50 Å². The SMILES string of the molecule is C=CCc1cc(F)c(O)c(Br)c1. The molecule has 1 aromatic carbocycles. The average molecular weight is 231 g/mol. The predicted octanol–water partition coefficient (Wildman–Crippen LogP) is 3.02. The predicted molar refractivity (Wildman–Crippen MR) is 49.7 cm³/mol. The number of phenols is 1. The van der Waals surface area contributed by atoms with Crippen LogP contribution in [0.25, 0.3) is 0 Å². The van der Waals surface area contributed by atoms with Crippen molar-refractivity contribution in [1.82, 2.24) is 0 Å². The highest BCUT2D eigenvalue weighted by Crippen LogP contribution is 2.28. The molecule has 0 spiro atoms. The second-order valence-corrected chi connectivity index (χ2v) is 3.26. The van der Waals surface area contributed by atoms with Crippen molar-refractivity contribution in [3.63, 3.8) is 0 Å². The van der Waals surface area contributed by atoms with E-state index in [0.717, 1.165) is 5.56 Å². The Bertz CT molecular complexity index is 286. The van der Waals surface area contributed by atoms with Crippen molar-refractivity contribution >= 4 is 15.9 Å². The van der Waals surface area contributed by atoms with Crippen LogP contribution in [0.1, 0.15) is 5.56 Å². The molecule has 0 unspecified atom stereocenters. The Morgan fingerprint density at radius 1 is 1.58 bits per heavy atom. The third-order valence-electron chi connectivity index (χ3n) is 1.46. The van der Waals surface area contributed by atoms with Gasteiger partial charge < -0.3 is 5.11 Å². The van der Waals surface area contributed by atoms with Crippen molar-refractivity contribution in [1.29, 1.82) is 0 Å². The molecule has 0 heterocycles. The molecule has 1 rings (SSSR count). The largest absolute Gasteiger partial charge is 0.504 e. The maximum Gasteiger partial charge on any atom is 0.166 e. The van der Waals surface area contributed by atoms with Crippen LogP contribution in [0.4, 0.5) is 4.39 Å². The van der Waals surface area contributed by atoms with Gasteiger partial charge in [0.15, 0.2) is 11.6 Å². The lowest BCUT2D eigenvalue weighted by atomic mass is 10.1. The van der Waals surface area contributed by atoms with E-state index in [9.17, 15) is 4.39 Å². The Hall–Kier alpha value is -0.830. The fourth-order valence-electron chi connectivity index (χ4n) is 0.903. The lowest BCUT2D eigenvalue weighted by Gasteiger charge is -2.01. The summed E-state index contributed by atoms with van der Waals surface area (Å²) in [4.78, 5) is 0. The number of hydrogen-bond acceptors (Lipinski definition) is 1. The molecule has 12 heavy (non-hydrogen) atoms. The van der Waals surface area contributed by atoms with E-state index in [1.807, 2.05) is 0 Å². The van der Waals surface area contributed by atoms with Crippen molar-refractivity contribution in [3.8, 4) is 5.75 Å². The highest BCUT2D eigenvalue weighted by Gasteiger charge is 2.06. The lowest BCUT2D eigenvalue weighted by Crippen LogP contribution is -1.85. The number of aromatic hydroxyl groups is 1. The average Bonchev–Trinajstić information content (AvgIpc) is 2.01. The van der Waals surface area contributed by atoms with Crippen LogP contribution in [0.3, 0.4) is 0 Å². The lowest BCUT2D eigenvalue weighted by molar-refractivity contribution is 0.428. The van der Waals surface area contributed by atoms with E-state index in [1.54, 1.807) is 12.1 Å². The quantitative estimate of drug-likeness (QED) is 0.775. The Balaban J connectivity index is 3.11. The number of halogens is 2. The minimum atomic E-state index is -0.610. The van der Waals surface area contributed by atoms with Crippen molar-refractivity contribution in [2.24, 2.45) is 0 Å². The minimum Gasteiger partial charge on any atom is -0.504 e. The summed E-state index contributed by atoms with van der Waals surface area (Å²) in [6.45, 7) is 3.54. The molecule has 0 amide bonds. The van der Waals surface area contributed by atoms with Crippen LogP contribution >= 0.6 is 15.9 Å². The smallest absolute Gasteiger partial charge is 0.166 e. The van der Waals surface area contributed by atoms with Crippen LogP contribution in [0, 0.1) is 5.82 Å². The molecule has 0 atom stereocenters. The van der Waals surface area contributed by atoms with Gasteiger partial charge in [-0.2, -0.15) is 0 Å². The van der Waals surface area contributed by atoms with E-state index >= 15 is 0 Å². The molecule has 0 fully saturated rings. The molecule has 0 saturated carbocycles. The van der Waals surface area contributed by atoms with Gasteiger partial charge in [-0.25, -0.2) is 4.39 Å². The molecule has 0 radical (unpaired) electrons. The minimum absolute atomic E-state index is 0.345. The van der Waals surface area contributed by atoms with Crippen LogP contribution in [0.2, 0.25) is 0 Å². The fourth-order valence-corrected chi connectivity index (χ4v) is 1.39. The highest BCUT2D eigenvalue weighted by atomic mass is 79.9. The first-order valence-electron chi connectivity index (χ1n) is 3.43. The molecule has 1 N–H and O–H groups in total. The van der Waals surface area contributed by atoms with Crippen molar-refractivity contribution in [2.75, 3.05) is 0 Å². The van der Waals surface area contributed by atoms with Gasteiger partial charge in [0.05, 0.1) is 4.47 Å². The fraction of sp³-hybridized carbons (Fsp3) is 0.111. The van der Waals surface area contributed by atoms with Crippen LogP contribution < -0.4 is 0 Å². The Morgan fingerprint density at radius 3 is 2.75 bits per heavy atom. The maximum absolute atomic E-state index is 12.8. The zero-order valence-corrected chi connectivity index (χ0v) is 7.94. The van der Waals surface area contributed by atoms with E-state index in [4.69, 9.17) is 5.11 Å². The summed E-state index contributed by atoms with van der Waals surface area (Å²) in [7, 11) is 0. The van der Waals surface area contributed by atoms with Gasteiger partial charge in [-0.15, -0.1) is 6.58 Å². The standard InChI is InChI=1S/C9H8BrFO/c1-2-3-6-4-7(10)9(12)8(11)5-6/h2,4-5,12H,1,3H2. The molecule has 0 aliphatic carbocycles. The van der Waals surface area contributed by atoms with Gasteiger partial charge in [-0.05, 0) is 40.0 Å². The van der Waals surface area contributed by atoms with Gasteiger partial charge in [0.25, 0.3) is 0 Å². The van der Waals surface area contributed by atoms with E-state index in [0.29, 0.717) is 10.9 Å². The normalized spacial score (nSPS) is 9.83. The van der Waals surface area contributed by atoms with Gasteiger partial charge in [-0.1, -0.05) is 6.08 Å². The van der Waals surface area contributed by atoms with Gasteiger partial charge in [0.1, 0.15) is 0 Å². The van der Waals surface area contributed by atoms with E-state index in [1.165, 1.54) is 6.07 Å². The maximum atomic E-state index is 12.8. The number of rotatable bonds is 2. The van der Waals surface area contributed by atoms with Crippen LogP contribution in [0.15, 0.2) is 29.3 Å². The molecule has 1 aromatic rings. The van der Waals surface area contributed by atoms with Gasteiger partial charge in [0.2, 0.25) is 0 Å². The summed E-state index contributed by atoms with van der Waals surface area (Å²) in [6.07, 6.45) is 2.27. The summed E-state index contributed by atoms with van der Waals surface area (Å²) in [5, 5.41) is 9.05. The first-order chi connectivity index (χ1) is 5.65. The molecule has 1 nitrogen and oxygen atoms in total. The Morgan fingerprint density at radius 2 is 2.25 bits per heavy atom. The highest BCUT2D eigenvalue weighted by molar-refractivity contribution is 9.10. The summed E-state index contributed by atoms with van der Waals surface area (Å²) >= 11 is 3.04. The summed E-state index contributed by atoms with van der Waals surface area (Å²) in [5.41, 5.74) is 0.784. The number of hydrogen-bond donors (Lipinski definition) is 1. The molecule has 0 aliphatic rings. The molecular formula is C9H8BrFO. The molecule has 0 bridgehead atoms. The number of benzene rings is 1. The van der Waals surface area contributed by atoms with Crippen molar-refractivity contribution in [2.45, 2.75) is 6.42 Å². The second kappa shape index (κ2) is 3.72. The zero-order chi connectivity index (χ0) is 9.14. The first-order valence-corrected chi connectivity index (χ1v) is 4.22. The van der Waals surface area contributed by atoms with Crippen LogP contribution in [-0.4, -0.2) is 5.11 Å². The first kappa shape index (κ1) is 9.26. The van der Waals surface area contributed by atoms with E-state index in [-0.39, 0.29) is 5.75 Å². The van der Waals surface area contributed by atoms with E-state index in [2.05, 4.69) is 22.5 Å². The molecule has 0 saturated heterocycles. The molecule has 0 aromatic heterocycles. The zero-order valence-electron chi connectivity index (χ0n) is 6.35. The third kappa shape index (κ3) is 1.85. The summed E-state index contributed by atoms with van der Waals surface area (Å²) < 4.78 is 13.2. The topological polar surface area (TPSA) is 20.2 Å². The third-order valence-corrected chi connectivity index (χ3v) is 2.06. The van der Waals surface area contributed by atoms with Gasteiger partial charge >= 0.3 is 0 Å². The monoisotopic (exact) mass is 230 g/mol.